The van der Waals surface area contributed by atoms with Gasteiger partial charge in [0.1, 0.15) is 11.8 Å². The van der Waals surface area contributed by atoms with E-state index in [2.05, 4.69) is 0 Å². The fourth-order valence-electron chi connectivity index (χ4n) is 1.43. The Bertz CT molecular complexity index is 502. The summed E-state index contributed by atoms with van der Waals surface area (Å²) in [5.41, 5.74) is -0.0519. The van der Waals surface area contributed by atoms with Crippen molar-refractivity contribution in [3.8, 4) is 5.75 Å². The van der Waals surface area contributed by atoms with E-state index in [-0.39, 0.29) is 5.56 Å². The Balaban J connectivity index is 2.87. The first-order valence-corrected chi connectivity index (χ1v) is 5.47. The van der Waals surface area contributed by atoms with Gasteiger partial charge in [-0.05, 0) is 18.2 Å². The molecule has 20 heavy (non-hydrogen) atoms. The van der Waals surface area contributed by atoms with Gasteiger partial charge in [0, 0.05) is 5.56 Å². The van der Waals surface area contributed by atoms with Crippen molar-refractivity contribution in [2.75, 3.05) is 7.11 Å². The molecular formula is C12H12F3NO4. The zero-order valence-corrected chi connectivity index (χ0v) is 10.4. The first kappa shape index (κ1) is 15.8. The normalized spacial score (nSPS) is 12.6. The van der Waals surface area contributed by atoms with Crippen LogP contribution in [0.5, 0.6) is 5.75 Å². The summed E-state index contributed by atoms with van der Waals surface area (Å²) in [5, 5.41) is 10.1. The minimum atomic E-state index is -4.84. The standard InChI is InChI=1S/C12H12F3NO4/c1-20-8-4-2-3-7(5-8)11(19)16-9(6-10(17)18)12(13,14)15/h2-5,9H,6H2,1H3,(H,16,19)(H,17,18). The number of halogens is 3. The second kappa shape index (κ2) is 6.27. The van der Waals surface area contributed by atoms with E-state index in [0.29, 0.717) is 5.75 Å². The Hall–Kier alpha value is -2.25. The molecule has 1 aromatic carbocycles. The Kier molecular flexibility index (Phi) is 4.95. The number of benzene rings is 1. The third-order valence-corrected chi connectivity index (χ3v) is 2.41. The van der Waals surface area contributed by atoms with E-state index in [1.165, 1.54) is 31.4 Å². The molecule has 8 heteroatoms. The average Bonchev–Trinajstić information content (AvgIpc) is 2.36. The Morgan fingerprint density at radius 1 is 1.40 bits per heavy atom. The second-order valence-electron chi connectivity index (χ2n) is 3.90. The van der Waals surface area contributed by atoms with Gasteiger partial charge in [0.25, 0.3) is 5.91 Å². The minimum absolute atomic E-state index is 0.0519. The van der Waals surface area contributed by atoms with Gasteiger partial charge in [0.15, 0.2) is 0 Å². The van der Waals surface area contributed by atoms with Crippen LogP contribution in [0.4, 0.5) is 13.2 Å². The number of carboxylic acid groups (broad SMARTS) is 1. The lowest BCUT2D eigenvalue weighted by Crippen LogP contribution is -2.46. The predicted molar refractivity (Wildman–Crippen MR) is 62.6 cm³/mol. The van der Waals surface area contributed by atoms with Crippen LogP contribution in [0.25, 0.3) is 0 Å². The molecule has 5 nitrogen and oxygen atoms in total. The fourth-order valence-corrected chi connectivity index (χ4v) is 1.43. The maximum Gasteiger partial charge on any atom is 0.409 e. The molecule has 0 heterocycles. The van der Waals surface area contributed by atoms with Crippen LogP contribution in [0, 0.1) is 0 Å². The Morgan fingerprint density at radius 2 is 2.05 bits per heavy atom. The van der Waals surface area contributed by atoms with Gasteiger partial charge in [0.05, 0.1) is 13.5 Å². The van der Waals surface area contributed by atoms with Crippen molar-refractivity contribution in [2.24, 2.45) is 0 Å². The summed E-state index contributed by atoms with van der Waals surface area (Å²) in [4.78, 5) is 22.1. The van der Waals surface area contributed by atoms with E-state index in [1.807, 2.05) is 0 Å². The molecular weight excluding hydrogens is 279 g/mol. The smallest absolute Gasteiger partial charge is 0.409 e. The van der Waals surface area contributed by atoms with Crippen molar-refractivity contribution >= 4 is 11.9 Å². The third-order valence-electron chi connectivity index (χ3n) is 2.41. The number of amides is 1. The summed E-state index contributed by atoms with van der Waals surface area (Å²) in [5.74, 6) is -2.37. The van der Waals surface area contributed by atoms with Gasteiger partial charge in [-0.3, -0.25) is 9.59 Å². The first-order valence-electron chi connectivity index (χ1n) is 5.47. The Labute approximate surface area is 112 Å². The summed E-state index contributed by atoms with van der Waals surface area (Å²) in [6, 6.07) is 3.07. The second-order valence-corrected chi connectivity index (χ2v) is 3.90. The van der Waals surface area contributed by atoms with Gasteiger partial charge in [-0.25, -0.2) is 0 Å². The van der Waals surface area contributed by atoms with Gasteiger partial charge < -0.3 is 15.2 Å². The van der Waals surface area contributed by atoms with Gasteiger partial charge in [-0.15, -0.1) is 0 Å². The quantitative estimate of drug-likeness (QED) is 0.868. The summed E-state index contributed by atoms with van der Waals surface area (Å²) < 4.78 is 42.6. The number of nitrogens with one attached hydrogen (secondary N) is 1. The number of rotatable bonds is 5. The van der Waals surface area contributed by atoms with Crippen LogP contribution in [-0.2, 0) is 4.79 Å². The molecule has 0 spiro atoms. The van der Waals surface area contributed by atoms with E-state index < -0.39 is 30.5 Å². The zero-order chi connectivity index (χ0) is 15.3. The van der Waals surface area contributed by atoms with Crippen LogP contribution in [0.3, 0.4) is 0 Å². The molecule has 0 saturated heterocycles. The third kappa shape index (κ3) is 4.45. The topological polar surface area (TPSA) is 75.6 Å². The van der Waals surface area contributed by atoms with Gasteiger partial charge in [-0.1, -0.05) is 6.07 Å². The van der Waals surface area contributed by atoms with Crippen LogP contribution >= 0.6 is 0 Å². The molecule has 0 radical (unpaired) electrons. The number of ether oxygens (including phenoxy) is 1. The number of carboxylic acids is 1. The highest BCUT2D eigenvalue weighted by atomic mass is 19.4. The summed E-state index contributed by atoms with van der Waals surface area (Å²) >= 11 is 0. The molecule has 0 aromatic heterocycles. The molecule has 0 fully saturated rings. The maximum absolute atomic E-state index is 12.6. The van der Waals surface area contributed by atoms with Crippen LogP contribution in [-0.4, -0.2) is 36.3 Å². The molecule has 110 valence electrons. The van der Waals surface area contributed by atoms with Crippen molar-refractivity contribution in [3.05, 3.63) is 29.8 Å². The molecule has 0 bridgehead atoms. The fraction of sp³-hybridized carbons (Fsp3) is 0.333. The number of methoxy groups -OCH3 is 1. The molecule has 1 amide bonds. The highest BCUT2D eigenvalue weighted by Gasteiger charge is 2.42. The molecule has 1 rings (SSSR count). The van der Waals surface area contributed by atoms with Crippen molar-refractivity contribution < 1.29 is 32.6 Å². The molecule has 0 aliphatic carbocycles. The molecule has 0 aliphatic heterocycles. The number of carbonyl (C=O) groups is 2. The average molecular weight is 291 g/mol. The number of hydrogen-bond donors (Lipinski definition) is 2. The zero-order valence-electron chi connectivity index (χ0n) is 10.4. The highest BCUT2D eigenvalue weighted by molar-refractivity contribution is 5.95. The summed E-state index contributed by atoms with van der Waals surface area (Å²) in [6.07, 6.45) is -6.08. The van der Waals surface area contributed by atoms with Gasteiger partial charge in [0.2, 0.25) is 0 Å². The van der Waals surface area contributed by atoms with E-state index in [9.17, 15) is 22.8 Å². The molecule has 2 N–H and O–H groups in total. The predicted octanol–water partition coefficient (Wildman–Crippen LogP) is 1.83. The number of carbonyl (C=O) groups excluding carboxylic acids is 1. The number of hydrogen-bond acceptors (Lipinski definition) is 3. The van der Waals surface area contributed by atoms with Gasteiger partial charge >= 0.3 is 12.1 Å². The number of alkyl halides is 3. The first-order chi connectivity index (χ1) is 9.24. The van der Waals surface area contributed by atoms with Crippen molar-refractivity contribution in [1.82, 2.24) is 5.32 Å². The molecule has 1 unspecified atom stereocenters. The van der Waals surface area contributed by atoms with E-state index in [1.54, 1.807) is 5.32 Å². The van der Waals surface area contributed by atoms with Crippen molar-refractivity contribution in [1.29, 1.82) is 0 Å². The SMILES string of the molecule is COc1cccc(C(=O)NC(CC(=O)O)C(F)(F)F)c1. The molecule has 0 aliphatic rings. The van der Waals surface area contributed by atoms with Crippen LogP contribution in [0.15, 0.2) is 24.3 Å². The molecule has 0 saturated carbocycles. The minimum Gasteiger partial charge on any atom is -0.497 e. The lowest BCUT2D eigenvalue weighted by atomic mass is 10.1. The number of aliphatic carboxylic acids is 1. The monoisotopic (exact) mass is 291 g/mol. The van der Waals surface area contributed by atoms with Crippen LogP contribution in [0.1, 0.15) is 16.8 Å². The van der Waals surface area contributed by atoms with E-state index >= 15 is 0 Å². The van der Waals surface area contributed by atoms with Gasteiger partial charge in [-0.2, -0.15) is 13.2 Å². The van der Waals surface area contributed by atoms with Crippen molar-refractivity contribution in [3.63, 3.8) is 0 Å². The Morgan fingerprint density at radius 3 is 2.55 bits per heavy atom. The molecule has 1 aromatic rings. The highest BCUT2D eigenvalue weighted by Crippen LogP contribution is 2.23. The van der Waals surface area contributed by atoms with Crippen molar-refractivity contribution in [2.45, 2.75) is 18.6 Å². The summed E-state index contributed by atoms with van der Waals surface area (Å²) in [6.45, 7) is 0. The largest absolute Gasteiger partial charge is 0.497 e. The van der Waals surface area contributed by atoms with E-state index in [4.69, 9.17) is 9.84 Å². The van der Waals surface area contributed by atoms with E-state index in [0.717, 1.165) is 0 Å². The lowest BCUT2D eigenvalue weighted by molar-refractivity contribution is -0.165. The summed E-state index contributed by atoms with van der Waals surface area (Å²) in [7, 11) is 1.35. The lowest BCUT2D eigenvalue weighted by Gasteiger charge is -2.20. The maximum atomic E-state index is 12.6. The van der Waals surface area contributed by atoms with Crippen LogP contribution < -0.4 is 10.1 Å². The molecule has 1 atom stereocenters. The van der Waals surface area contributed by atoms with Crippen LogP contribution in [0.2, 0.25) is 0 Å².